The molecular weight excluding hydrogens is 294 g/mol. The van der Waals surface area contributed by atoms with Gasteiger partial charge in [0.1, 0.15) is 11.4 Å². The van der Waals surface area contributed by atoms with E-state index in [2.05, 4.69) is 17.3 Å². The number of carbonyl (C=O) groups is 1. The number of nitrogens with zero attached hydrogens (tertiary/aromatic N) is 2. The number of hydrogen-bond acceptors (Lipinski definition) is 4. The summed E-state index contributed by atoms with van der Waals surface area (Å²) in [5.41, 5.74) is 1.18. The molecule has 1 unspecified atom stereocenters. The molecule has 0 bridgehead atoms. The van der Waals surface area contributed by atoms with Crippen LogP contribution in [-0.2, 0) is 6.54 Å². The minimum absolute atomic E-state index is 0.0277. The average molecular weight is 319 g/mol. The number of nitrogens with one attached hydrogen (secondary N) is 1. The minimum atomic E-state index is -0.174. The summed E-state index contributed by atoms with van der Waals surface area (Å²) in [4.78, 5) is 12.4. The highest BCUT2D eigenvalue weighted by atomic mass is 16.3. The molecule has 0 saturated carbocycles. The number of aryl methyl sites for hydroxylation is 1. The summed E-state index contributed by atoms with van der Waals surface area (Å²) < 4.78 is 7.11. The maximum Gasteiger partial charge on any atom is 0.269 e. The SMILES string of the molecule is CCCCCn1nc(-c2ccco2)cc1C(=O)NCC(C)CO. The maximum atomic E-state index is 12.4. The van der Waals surface area contributed by atoms with Crippen molar-refractivity contribution in [3.8, 4) is 11.5 Å². The monoisotopic (exact) mass is 319 g/mol. The molecular formula is C17H25N3O3. The van der Waals surface area contributed by atoms with Crippen molar-refractivity contribution in [3.63, 3.8) is 0 Å². The van der Waals surface area contributed by atoms with E-state index in [1.54, 1.807) is 23.1 Å². The summed E-state index contributed by atoms with van der Waals surface area (Å²) in [6.45, 7) is 5.21. The van der Waals surface area contributed by atoms with Gasteiger partial charge in [0.25, 0.3) is 5.91 Å². The zero-order valence-electron chi connectivity index (χ0n) is 13.8. The Morgan fingerprint density at radius 3 is 2.96 bits per heavy atom. The normalized spacial score (nSPS) is 12.3. The lowest BCUT2D eigenvalue weighted by Gasteiger charge is -2.11. The highest BCUT2D eigenvalue weighted by Crippen LogP contribution is 2.20. The van der Waals surface area contributed by atoms with E-state index in [-0.39, 0.29) is 18.4 Å². The molecule has 1 amide bonds. The molecule has 2 N–H and O–H groups in total. The molecule has 1 atom stereocenters. The van der Waals surface area contributed by atoms with Crippen molar-refractivity contribution in [1.82, 2.24) is 15.1 Å². The van der Waals surface area contributed by atoms with Crippen molar-refractivity contribution in [2.45, 2.75) is 39.7 Å². The average Bonchev–Trinajstić information content (AvgIpc) is 3.21. The van der Waals surface area contributed by atoms with Crippen molar-refractivity contribution in [3.05, 3.63) is 30.2 Å². The van der Waals surface area contributed by atoms with Gasteiger partial charge in [0.2, 0.25) is 0 Å². The second-order valence-electron chi connectivity index (χ2n) is 5.82. The van der Waals surface area contributed by atoms with Crippen LogP contribution in [-0.4, -0.2) is 33.9 Å². The molecule has 0 aliphatic heterocycles. The third-order valence-corrected chi connectivity index (χ3v) is 3.68. The number of aliphatic hydroxyl groups excluding tert-OH is 1. The lowest BCUT2D eigenvalue weighted by molar-refractivity contribution is 0.0931. The van der Waals surface area contributed by atoms with E-state index in [9.17, 15) is 4.79 Å². The number of rotatable bonds is 9. The molecule has 6 heteroatoms. The fourth-order valence-electron chi connectivity index (χ4n) is 2.25. The van der Waals surface area contributed by atoms with Gasteiger partial charge in [-0.05, 0) is 24.5 Å². The van der Waals surface area contributed by atoms with E-state index < -0.39 is 0 Å². The first-order valence-corrected chi connectivity index (χ1v) is 8.16. The number of hydrogen-bond donors (Lipinski definition) is 2. The number of carbonyl (C=O) groups excluding carboxylic acids is 1. The largest absolute Gasteiger partial charge is 0.463 e. The van der Waals surface area contributed by atoms with Crippen LogP contribution in [0.15, 0.2) is 28.9 Å². The highest BCUT2D eigenvalue weighted by molar-refractivity contribution is 5.93. The fourth-order valence-corrected chi connectivity index (χ4v) is 2.25. The van der Waals surface area contributed by atoms with E-state index in [0.29, 0.717) is 30.2 Å². The summed E-state index contributed by atoms with van der Waals surface area (Å²) >= 11 is 0. The Hall–Kier alpha value is -2.08. The lowest BCUT2D eigenvalue weighted by Crippen LogP contribution is -2.31. The maximum absolute atomic E-state index is 12.4. The van der Waals surface area contributed by atoms with Gasteiger partial charge in [-0.15, -0.1) is 0 Å². The van der Waals surface area contributed by atoms with Gasteiger partial charge in [0, 0.05) is 25.8 Å². The zero-order chi connectivity index (χ0) is 16.7. The van der Waals surface area contributed by atoms with Crippen LogP contribution in [0, 0.1) is 5.92 Å². The first-order valence-electron chi connectivity index (χ1n) is 8.16. The molecule has 0 saturated heterocycles. The van der Waals surface area contributed by atoms with Gasteiger partial charge in [-0.3, -0.25) is 9.48 Å². The Morgan fingerprint density at radius 2 is 2.30 bits per heavy atom. The van der Waals surface area contributed by atoms with Gasteiger partial charge in [0.15, 0.2) is 5.76 Å². The topological polar surface area (TPSA) is 80.3 Å². The Balaban J connectivity index is 2.15. The van der Waals surface area contributed by atoms with Crippen LogP contribution in [0.25, 0.3) is 11.5 Å². The molecule has 0 radical (unpaired) electrons. The molecule has 2 rings (SSSR count). The van der Waals surface area contributed by atoms with Crippen LogP contribution in [0.2, 0.25) is 0 Å². The fraction of sp³-hybridized carbons (Fsp3) is 0.529. The van der Waals surface area contributed by atoms with Crippen molar-refractivity contribution >= 4 is 5.91 Å². The van der Waals surface area contributed by atoms with Crippen LogP contribution in [0.1, 0.15) is 43.6 Å². The summed E-state index contributed by atoms with van der Waals surface area (Å²) in [6.07, 6.45) is 4.78. The standard InChI is InChI=1S/C17H25N3O3/c1-3-4-5-8-20-15(17(22)18-11-13(2)12-21)10-14(19-20)16-7-6-9-23-16/h6-7,9-10,13,21H,3-5,8,11-12H2,1-2H3,(H,18,22). The van der Waals surface area contributed by atoms with Crippen molar-refractivity contribution < 1.29 is 14.3 Å². The summed E-state index contributed by atoms with van der Waals surface area (Å²) in [7, 11) is 0. The molecule has 2 heterocycles. The van der Waals surface area contributed by atoms with Gasteiger partial charge < -0.3 is 14.8 Å². The number of furan rings is 1. The van der Waals surface area contributed by atoms with E-state index >= 15 is 0 Å². The summed E-state index contributed by atoms with van der Waals surface area (Å²) in [5, 5.41) is 16.4. The molecule has 0 aliphatic carbocycles. The minimum Gasteiger partial charge on any atom is -0.463 e. The van der Waals surface area contributed by atoms with Crippen molar-refractivity contribution in [2.24, 2.45) is 5.92 Å². The first kappa shape index (κ1) is 17.3. The molecule has 0 aromatic carbocycles. The van der Waals surface area contributed by atoms with Gasteiger partial charge in [-0.2, -0.15) is 5.10 Å². The Labute approximate surface area is 136 Å². The van der Waals surface area contributed by atoms with Crippen LogP contribution in [0.4, 0.5) is 0 Å². The second-order valence-corrected chi connectivity index (χ2v) is 5.82. The van der Waals surface area contributed by atoms with E-state index in [1.807, 2.05) is 13.0 Å². The smallest absolute Gasteiger partial charge is 0.269 e. The highest BCUT2D eigenvalue weighted by Gasteiger charge is 2.17. The molecule has 0 spiro atoms. The second kappa shape index (κ2) is 8.53. The Bertz CT molecular complexity index is 605. The lowest BCUT2D eigenvalue weighted by atomic mass is 10.2. The number of aromatic nitrogens is 2. The molecule has 0 aliphatic rings. The van der Waals surface area contributed by atoms with Crippen LogP contribution < -0.4 is 5.32 Å². The van der Waals surface area contributed by atoms with E-state index in [1.165, 1.54) is 0 Å². The number of aliphatic hydroxyl groups is 1. The first-order chi connectivity index (χ1) is 11.2. The molecule has 126 valence electrons. The molecule has 23 heavy (non-hydrogen) atoms. The predicted octanol–water partition coefficient (Wildman–Crippen LogP) is 2.69. The van der Waals surface area contributed by atoms with Gasteiger partial charge >= 0.3 is 0 Å². The molecule has 6 nitrogen and oxygen atoms in total. The van der Waals surface area contributed by atoms with Gasteiger partial charge in [0.05, 0.1) is 6.26 Å². The van der Waals surface area contributed by atoms with Crippen LogP contribution in [0.3, 0.4) is 0 Å². The summed E-state index contributed by atoms with van der Waals surface area (Å²) in [6, 6.07) is 5.38. The molecule has 2 aromatic rings. The number of amides is 1. The van der Waals surface area contributed by atoms with Crippen molar-refractivity contribution in [2.75, 3.05) is 13.2 Å². The van der Waals surface area contributed by atoms with Crippen LogP contribution >= 0.6 is 0 Å². The van der Waals surface area contributed by atoms with Gasteiger partial charge in [-0.25, -0.2) is 0 Å². The molecule has 0 fully saturated rings. The quantitative estimate of drug-likeness (QED) is 0.696. The van der Waals surface area contributed by atoms with Crippen molar-refractivity contribution in [1.29, 1.82) is 0 Å². The zero-order valence-corrected chi connectivity index (χ0v) is 13.8. The van der Waals surface area contributed by atoms with E-state index in [0.717, 1.165) is 19.3 Å². The molecule has 2 aromatic heterocycles. The van der Waals surface area contributed by atoms with E-state index in [4.69, 9.17) is 9.52 Å². The predicted molar refractivity (Wildman–Crippen MR) is 88.0 cm³/mol. The Kier molecular flexibility index (Phi) is 6.40. The summed E-state index contributed by atoms with van der Waals surface area (Å²) in [5.74, 6) is 0.504. The third-order valence-electron chi connectivity index (χ3n) is 3.68. The van der Waals surface area contributed by atoms with Gasteiger partial charge in [-0.1, -0.05) is 26.7 Å². The Morgan fingerprint density at radius 1 is 1.48 bits per heavy atom. The number of unbranched alkanes of at least 4 members (excludes halogenated alkanes) is 2. The van der Waals surface area contributed by atoms with Crippen LogP contribution in [0.5, 0.6) is 0 Å². The third kappa shape index (κ3) is 4.69.